The summed E-state index contributed by atoms with van der Waals surface area (Å²) in [5.41, 5.74) is -0.265. The number of β-amino-alcohol motifs (C(OH)–C–C–N with tert-alkyl or cyclic N) is 1. The Morgan fingerprint density at radius 1 is 1.31 bits per heavy atom. The van der Waals surface area contributed by atoms with Gasteiger partial charge in [-0.2, -0.15) is 5.10 Å². The van der Waals surface area contributed by atoms with E-state index in [9.17, 15) is 14.7 Å². The van der Waals surface area contributed by atoms with Gasteiger partial charge in [0.15, 0.2) is 5.69 Å². The van der Waals surface area contributed by atoms with Crippen LogP contribution in [0.3, 0.4) is 0 Å². The van der Waals surface area contributed by atoms with Crippen molar-refractivity contribution >= 4 is 22.7 Å². The SMILES string of the molecule is O=C(NC[C@@]1(O)COCCN(C(=O)c2n[nH]c3ccccc23)C1)c1cnccn1. The fourth-order valence-electron chi connectivity index (χ4n) is 3.23. The molecule has 3 heterocycles. The number of carbonyl (C=O) groups excluding carboxylic acids is 2. The Labute approximate surface area is 165 Å². The van der Waals surface area contributed by atoms with Crippen LogP contribution in [0.25, 0.3) is 10.9 Å². The first-order chi connectivity index (χ1) is 14.1. The van der Waals surface area contributed by atoms with Gasteiger partial charge in [-0.25, -0.2) is 4.98 Å². The average molecular weight is 396 g/mol. The molecule has 3 aromatic rings. The first-order valence-corrected chi connectivity index (χ1v) is 9.12. The Kier molecular flexibility index (Phi) is 5.19. The van der Waals surface area contributed by atoms with Crippen molar-refractivity contribution in [2.24, 2.45) is 0 Å². The second-order valence-electron chi connectivity index (χ2n) is 6.89. The van der Waals surface area contributed by atoms with Gasteiger partial charge in [-0.3, -0.25) is 19.7 Å². The summed E-state index contributed by atoms with van der Waals surface area (Å²) in [6.45, 7) is 0.453. The molecule has 0 radical (unpaired) electrons. The number of benzene rings is 1. The molecule has 1 aliphatic rings. The predicted octanol–water partition coefficient (Wildman–Crippen LogP) is -0.0136. The second kappa shape index (κ2) is 7.94. The summed E-state index contributed by atoms with van der Waals surface area (Å²) >= 11 is 0. The van der Waals surface area contributed by atoms with Crippen molar-refractivity contribution in [3.8, 4) is 0 Å². The van der Waals surface area contributed by atoms with Crippen LogP contribution in [0.4, 0.5) is 0 Å². The van der Waals surface area contributed by atoms with Crippen LogP contribution in [0.1, 0.15) is 21.0 Å². The molecule has 1 aliphatic heterocycles. The van der Waals surface area contributed by atoms with Gasteiger partial charge in [0.1, 0.15) is 11.3 Å². The Balaban J connectivity index is 1.48. The monoisotopic (exact) mass is 396 g/mol. The van der Waals surface area contributed by atoms with E-state index in [1.54, 1.807) is 0 Å². The maximum absolute atomic E-state index is 13.0. The van der Waals surface area contributed by atoms with Crippen molar-refractivity contribution in [2.75, 3.05) is 32.8 Å². The molecular formula is C19H20N6O4. The van der Waals surface area contributed by atoms with Crippen LogP contribution in [0.15, 0.2) is 42.9 Å². The molecule has 2 aromatic heterocycles. The second-order valence-corrected chi connectivity index (χ2v) is 6.89. The molecule has 1 fully saturated rings. The van der Waals surface area contributed by atoms with Crippen molar-refractivity contribution in [2.45, 2.75) is 5.60 Å². The van der Waals surface area contributed by atoms with Crippen LogP contribution in [0, 0.1) is 0 Å². The van der Waals surface area contributed by atoms with Crippen molar-refractivity contribution in [1.29, 1.82) is 0 Å². The lowest BCUT2D eigenvalue weighted by Gasteiger charge is -2.30. The van der Waals surface area contributed by atoms with Gasteiger partial charge >= 0.3 is 0 Å². The number of aromatic nitrogens is 4. The molecule has 4 rings (SSSR count). The maximum atomic E-state index is 13.0. The smallest absolute Gasteiger partial charge is 0.275 e. The molecule has 29 heavy (non-hydrogen) atoms. The number of ether oxygens (including phenoxy) is 1. The minimum absolute atomic E-state index is 0.00618. The van der Waals surface area contributed by atoms with E-state index in [4.69, 9.17) is 4.74 Å². The minimum Gasteiger partial charge on any atom is -0.384 e. The van der Waals surface area contributed by atoms with E-state index < -0.39 is 11.5 Å². The van der Waals surface area contributed by atoms with Crippen molar-refractivity contribution in [3.63, 3.8) is 0 Å². The Morgan fingerprint density at radius 3 is 3.00 bits per heavy atom. The van der Waals surface area contributed by atoms with Crippen LogP contribution in [0.5, 0.6) is 0 Å². The quantitative estimate of drug-likeness (QED) is 0.565. The molecule has 0 aliphatic carbocycles. The number of hydrogen-bond donors (Lipinski definition) is 3. The van der Waals surface area contributed by atoms with Gasteiger partial charge in [-0.05, 0) is 6.07 Å². The zero-order valence-corrected chi connectivity index (χ0v) is 15.5. The number of hydrogen-bond acceptors (Lipinski definition) is 7. The number of H-pyrrole nitrogens is 1. The largest absolute Gasteiger partial charge is 0.384 e. The summed E-state index contributed by atoms with van der Waals surface area (Å²) in [4.78, 5) is 34.5. The number of carbonyl (C=O) groups is 2. The van der Waals surface area contributed by atoms with E-state index in [0.29, 0.717) is 11.9 Å². The van der Waals surface area contributed by atoms with E-state index in [2.05, 4.69) is 25.5 Å². The number of fused-ring (bicyclic) bond motifs is 1. The van der Waals surface area contributed by atoms with Crippen molar-refractivity contribution < 1.29 is 19.4 Å². The molecule has 10 heteroatoms. The van der Waals surface area contributed by atoms with Gasteiger partial charge in [0.25, 0.3) is 11.8 Å². The Morgan fingerprint density at radius 2 is 2.17 bits per heavy atom. The summed E-state index contributed by atoms with van der Waals surface area (Å²) in [7, 11) is 0. The number of aliphatic hydroxyl groups is 1. The third-order valence-electron chi connectivity index (χ3n) is 4.70. The first kappa shape index (κ1) is 19.0. The van der Waals surface area contributed by atoms with E-state index in [0.717, 1.165) is 5.52 Å². The number of nitrogens with one attached hydrogen (secondary N) is 2. The normalized spacial score (nSPS) is 19.7. The topological polar surface area (TPSA) is 133 Å². The van der Waals surface area contributed by atoms with Crippen LogP contribution < -0.4 is 5.32 Å². The summed E-state index contributed by atoms with van der Waals surface area (Å²) in [5, 5.41) is 21.3. The van der Waals surface area contributed by atoms with E-state index in [1.165, 1.54) is 23.5 Å². The Bertz CT molecular complexity index is 1020. The number of aromatic amines is 1. The highest BCUT2D eigenvalue weighted by Gasteiger charge is 2.36. The molecule has 150 valence electrons. The molecule has 1 saturated heterocycles. The van der Waals surface area contributed by atoms with Gasteiger partial charge in [0, 0.05) is 24.3 Å². The zero-order valence-electron chi connectivity index (χ0n) is 15.5. The summed E-state index contributed by atoms with van der Waals surface area (Å²) in [6.07, 6.45) is 4.21. The van der Waals surface area contributed by atoms with Gasteiger partial charge in [0.2, 0.25) is 0 Å². The van der Waals surface area contributed by atoms with Gasteiger partial charge in [-0.15, -0.1) is 0 Å². The fourth-order valence-corrected chi connectivity index (χ4v) is 3.23. The van der Waals surface area contributed by atoms with E-state index in [-0.39, 0.29) is 43.6 Å². The van der Waals surface area contributed by atoms with Gasteiger partial charge < -0.3 is 20.1 Å². The van der Waals surface area contributed by atoms with E-state index >= 15 is 0 Å². The highest BCUT2D eigenvalue weighted by Crippen LogP contribution is 2.19. The summed E-state index contributed by atoms with van der Waals surface area (Å²) in [5.74, 6) is -0.779. The third kappa shape index (κ3) is 4.08. The highest BCUT2D eigenvalue weighted by molar-refractivity contribution is 6.04. The molecule has 1 atom stereocenters. The summed E-state index contributed by atoms with van der Waals surface area (Å²) in [6, 6.07) is 7.34. The van der Waals surface area contributed by atoms with Crippen LogP contribution in [0.2, 0.25) is 0 Å². The molecule has 0 unspecified atom stereocenters. The number of nitrogens with zero attached hydrogens (tertiary/aromatic N) is 4. The molecule has 10 nitrogen and oxygen atoms in total. The van der Waals surface area contributed by atoms with E-state index in [1.807, 2.05) is 24.3 Å². The van der Waals surface area contributed by atoms with Crippen LogP contribution >= 0.6 is 0 Å². The third-order valence-corrected chi connectivity index (χ3v) is 4.70. The molecule has 0 saturated carbocycles. The summed E-state index contributed by atoms with van der Waals surface area (Å²) < 4.78 is 5.48. The van der Waals surface area contributed by atoms with Gasteiger partial charge in [0.05, 0.1) is 38.0 Å². The standard InChI is InChI=1S/C19H20N6O4/c26-17(15-9-20-5-6-21-15)22-10-19(28)11-25(7-8-29-12-19)18(27)16-13-3-1-2-4-14(13)23-24-16/h1-6,9,28H,7-8,10-12H2,(H,22,26)(H,23,24)/t19-/m0/s1. The first-order valence-electron chi connectivity index (χ1n) is 9.12. The van der Waals surface area contributed by atoms with Gasteiger partial charge in [-0.1, -0.05) is 18.2 Å². The lowest BCUT2D eigenvalue weighted by atomic mass is 10.0. The van der Waals surface area contributed by atoms with Crippen molar-refractivity contribution in [1.82, 2.24) is 30.4 Å². The lowest BCUT2D eigenvalue weighted by molar-refractivity contribution is -0.0324. The number of rotatable bonds is 4. The fraction of sp³-hybridized carbons (Fsp3) is 0.316. The van der Waals surface area contributed by atoms with Crippen LogP contribution in [-0.2, 0) is 4.74 Å². The number of amides is 2. The lowest BCUT2D eigenvalue weighted by Crippen LogP contribution is -2.53. The molecule has 2 amide bonds. The highest BCUT2D eigenvalue weighted by atomic mass is 16.5. The molecule has 1 aromatic carbocycles. The number of para-hydroxylation sites is 1. The molecule has 3 N–H and O–H groups in total. The van der Waals surface area contributed by atoms with Crippen molar-refractivity contribution in [3.05, 3.63) is 54.2 Å². The Hall–Kier alpha value is -3.37. The molecular weight excluding hydrogens is 376 g/mol. The van der Waals surface area contributed by atoms with Crippen LogP contribution in [-0.4, -0.2) is 80.4 Å². The maximum Gasteiger partial charge on any atom is 0.275 e. The average Bonchev–Trinajstić information content (AvgIpc) is 3.08. The molecule has 0 bridgehead atoms. The minimum atomic E-state index is -1.45. The zero-order chi connectivity index (χ0) is 20.3. The molecule has 0 spiro atoms. The predicted molar refractivity (Wildman–Crippen MR) is 102 cm³/mol.